The third-order valence-electron chi connectivity index (χ3n) is 5.21. The third kappa shape index (κ3) is 5.32. The lowest BCUT2D eigenvalue weighted by atomic mass is 10.1. The number of esters is 1. The van der Waals surface area contributed by atoms with E-state index in [1.54, 1.807) is 24.3 Å². The third-order valence-corrected chi connectivity index (χ3v) is 6.09. The Labute approximate surface area is 199 Å². The number of anilines is 1. The van der Waals surface area contributed by atoms with E-state index in [0.717, 1.165) is 16.7 Å². The van der Waals surface area contributed by atoms with Gasteiger partial charge in [0.15, 0.2) is 6.61 Å². The number of methoxy groups -OCH3 is 1. The molecule has 4 rings (SSSR count). The number of nitrogens with one attached hydrogen (secondary N) is 1. The van der Waals surface area contributed by atoms with Crippen molar-refractivity contribution < 1.29 is 19.1 Å². The van der Waals surface area contributed by atoms with Gasteiger partial charge in [-0.3, -0.25) is 14.2 Å². The SMILES string of the molecule is COC(=O)COc1cccc(NC(=O)CCn2cnc3scc(-c4ccc(C)cc4)c3c2=O)c1. The molecule has 0 spiro atoms. The zero-order valence-electron chi connectivity index (χ0n) is 18.7. The Balaban J connectivity index is 1.44. The number of benzene rings is 2. The van der Waals surface area contributed by atoms with Gasteiger partial charge in [0.25, 0.3) is 5.56 Å². The molecule has 1 amide bonds. The number of hydrogen-bond donors (Lipinski definition) is 1. The Morgan fingerprint density at radius 1 is 1.15 bits per heavy atom. The van der Waals surface area contributed by atoms with Gasteiger partial charge in [0, 0.05) is 35.7 Å². The number of aromatic nitrogens is 2. The van der Waals surface area contributed by atoms with Crippen molar-refractivity contribution in [3.63, 3.8) is 0 Å². The summed E-state index contributed by atoms with van der Waals surface area (Å²) in [6, 6.07) is 14.7. The van der Waals surface area contributed by atoms with Crippen LogP contribution in [-0.2, 0) is 20.9 Å². The summed E-state index contributed by atoms with van der Waals surface area (Å²) in [5, 5.41) is 5.28. The molecule has 0 unspecified atom stereocenters. The molecule has 0 radical (unpaired) electrons. The monoisotopic (exact) mass is 477 g/mol. The van der Waals surface area contributed by atoms with Gasteiger partial charge in [0.05, 0.1) is 18.8 Å². The average molecular weight is 478 g/mol. The fourth-order valence-electron chi connectivity index (χ4n) is 3.38. The Bertz CT molecular complexity index is 1390. The standard InChI is InChI=1S/C25H23N3O5S/c1-16-6-8-17(9-7-16)20-14-34-24-23(20)25(31)28(15-26-24)11-10-21(29)27-18-4-3-5-19(12-18)33-13-22(30)32-2/h3-9,12,14-15H,10-11,13H2,1-2H3,(H,27,29). The molecule has 0 bridgehead atoms. The number of thiophene rings is 1. The van der Waals surface area contributed by atoms with Gasteiger partial charge in [-0.25, -0.2) is 9.78 Å². The molecule has 2 aromatic carbocycles. The van der Waals surface area contributed by atoms with Crippen molar-refractivity contribution in [1.82, 2.24) is 9.55 Å². The molecule has 4 aromatic rings. The highest BCUT2D eigenvalue weighted by atomic mass is 32.1. The molecule has 1 N–H and O–H groups in total. The van der Waals surface area contributed by atoms with Crippen LogP contribution in [0.3, 0.4) is 0 Å². The zero-order chi connectivity index (χ0) is 24.1. The minimum atomic E-state index is -0.499. The van der Waals surface area contributed by atoms with Crippen molar-refractivity contribution in [2.24, 2.45) is 0 Å². The van der Waals surface area contributed by atoms with Crippen LogP contribution in [0.5, 0.6) is 5.75 Å². The Morgan fingerprint density at radius 3 is 2.71 bits per heavy atom. The number of carbonyl (C=O) groups is 2. The number of aryl methyl sites for hydroxylation is 2. The van der Waals surface area contributed by atoms with E-state index >= 15 is 0 Å². The van der Waals surface area contributed by atoms with Crippen molar-refractivity contribution in [3.8, 4) is 16.9 Å². The number of amides is 1. The minimum absolute atomic E-state index is 0.0876. The molecule has 0 saturated carbocycles. The molecular formula is C25H23N3O5S. The van der Waals surface area contributed by atoms with E-state index < -0.39 is 5.97 Å². The topological polar surface area (TPSA) is 99.5 Å². The van der Waals surface area contributed by atoms with Crippen LogP contribution in [0.1, 0.15) is 12.0 Å². The number of hydrogen-bond acceptors (Lipinski definition) is 7. The maximum absolute atomic E-state index is 13.2. The second-order valence-corrected chi connectivity index (χ2v) is 8.49. The van der Waals surface area contributed by atoms with Gasteiger partial charge < -0.3 is 14.8 Å². The number of nitrogens with zero attached hydrogens (tertiary/aromatic N) is 2. The number of ether oxygens (including phenoxy) is 2. The molecule has 34 heavy (non-hydrogen) atoms. The summed E-state index contributed by atoms with van der Waals surface area (Å²) in [6.07, 6.45) is 1.57. The van der Waals surface area contributed by atoms with Gasteiger partial charge in [0.1, 0.15) is 10.6 Å². The first-order valence-corrected chi connectivity index (χ1v) is 11.5. The Morgan fingerprint density at radius 2 is 1.94 bits per heavy atom. The molecule has 0 aliphatic rings. The zero-order valence-corrected chi connectivity index (χ0v) is 19.6. The predicted molar refractivity (Wildman–Crippen MR) is 131 cm³/mol. The Kier molecular flexibility index (Phi) is 7.03. The van der Waals surface area contributed by atoms with Crippen molar-refractivity contribution in [2.75, 3.05) is 19.0 Å². The van der Waals surface area contributed by atoms with Crippen LogP contribution in [0.2, 0.25) is 0 Å². The van der Waals surface area contributed by atoms with Gasteiger partial charge in [-0.15, -0.1) is 11.3 Å². The van der Waals surface area contributed by atoms with Crippen LogP contribution in [-0.4, -0.2) is 35.1 Å². The molecule has 0 fully saturated rings. The van der Waals surface area contributed by atoms with Crippen molar-refractivity contribution in [1.29, 1.82) is 0 Å². The summed E-state index contributed by atoms with van der Waals surface area (Å²) >= 11 is 1.43. The van der Waals surface area contributed by atoms with E-state index in [4.69, 9.17) is 4.74 Å². The molecule has 0 atom stereocenters. The van der Waals surface area contributed by atoms with Crippen molar-refractivity contribution >= 4 is 39.1 Å². The Hall–Kier alpha value is -3.98. The minimum Gasteiger partial charge on any atom is -0.482 e. The summed E-state index contributed by atoms with van der Waals surface area (Å²) in [5.41, 5.74) is 3.30. The molecule has 2 heterocycles. The first-order chi connectivity index (χ1) is 16.4. The average Bonchev–Trinajstić information content (AvgIpc) is 3.28. The van der Waals surface area contributed by atoms with E-state index in [0.29, 0.717) is 21.7 Å². The molecule has 174 valence electrons. The number of fused-ring (bicyclic) bond motifs is 1. The van der Waals surface area contributed by atoms with Crippen LogP contribution in [0.15, 0.2) is 65.0 Å². The van der Waals surface area contributed by atoms with Gasteiger partial charge in [-0.05, 0) is 24.6 Å². The first-order valence-electron chi connectivity index (χ1n) is 10.6. The van der Waals surface area contributed by atoms with E-state index in [-0.39, 0.29) is 31.0 Å². The van der Waals surface area contributed by atoms with Crippen LogP contribution in [0, 0.1) is 6.92 Å². The highest BCUT2D eigenvalue weighted by Crippen LogP contribution is 2.30. The molecule has 0 aliphatic heterocycles. The fourth-order valence-corrected chi connectivity index (χ4v) is 4.29. The quantitative estimate of drug-likeness (QED) is 0.385. The number of carbonyl (C=O) groups excluding carboxylic acids is 2. The maximum atomic E-state index is 13.2. The van der Waals surface area contributed by atoms with Crippen molar-refractivity contribution in [2.45, 2.75) is 19.9 Å². The molecule has 8 nitrogen and oxygen atoms in total. The van der Waals surface area contributed by atoms with Gasteiger partial charge in [0.2, 0.25) is 5.91 Å². The smallest absolute Gasteiger partial charge is 0.343 e. The highest BCUT2D eigenvalue weighted by Gasteiger charge is 2.14. The summed E-state index contributed by atoms with van der Waals surface area (Å²) in [5.74, 6) is -0.335. The highest BCUT2D eigenvalue weighted by molar-refractivity contribution is 7.17. The summed E-state index contributed by atoms with van der Waals surface area (Å²) < 4.78 is 11.3. The molecule has 0 aliphatic carbocycles. The lowest BCUT2D eigenvalue weighted by Crippen LogP contribution is -2.23. The molecule has 9 heteroatoms. The second kappa shape index (κ2) is 10.3. The first kappa shape index (κ1) is 23.2. The predicted octanol–water partition coefficient (Wildman–Crippen LogP) is 4.01. The summed E-state index contributed by atoms with van der Waals surface area (Å²) in [4.78, 5) is 42.0. The van der Waals surface area contributed by atoms with Crippen LogP contribution >= 0.6 is 11.3 Å². The summed E-state index contributed by atoms with van der Waals surface area (Å²) in [6.45, 7) is 1.98. The maximum Gasteiger partial charge on any atom is 0.343 e. The molecule has 0 saturated heterocycles. The van der Waals surface area contributed by atoms with E-state index in [2.05, 4.69) is 15.0 Å². The second-order valence-electron chi connectivity index (χ2n) is 7.63. The largest absolute Gasteiger partial charge is 0.482 e. The van der Waals surface area contributed by atoms with Crippen LogP contribution in [0.4, 0.5) is 5.69 Å². The van der Waals surface area contributed by atoms with Crippen LogP contribution in [0.25, 0.3) is 21.3 Å². The van der Waals surface area contributed by atoms with Crippen molar-refractivity contribution in [3.05, 3.63) is 76.2 Å². The fraction of sp³-hybridized carbons (Fsp3) is 0.200. The van der Waals surface area contributed by atoms with Gasteiger partial charge in [-0.1, -0.05) is 35.9 Å². The van der Waals surface area contributed by atoms with Gasteiger partial charge >= 0.3 is 5.97 Å². The number of rotatable bonds is 8. The van der Waals surface area contributed by atoms with Gasteiger partial charge in [-0.2, -0.15) is 0 Å². The molecular weight excluding hydrogens is 454 g/mol. The van der Waals surface area contributed by atoms with Crippen LogP contribution < -0.4 is 15.6 Å². The lowest BCUT2D eigenvalue weighted by Gasteiger charge is -2.09. The molecule has 2 aromatic heterocycles. The van der Waals surface area contributed by atoms with E-state index in [1.807, 2.05) is 36.6 Å². The normalized spacial score (nSPS) is 10.8. The van der Waals surface area contributed by atoms with E-state index in [9.17, 15) is 14.4 Å². The van der Waals surface area contributed by atoms with E-state index in [1.165, 1.54) is 29.3 Å². The lowest BCUT2D eigenvalue weighted by molar-refractivity contribution is -0.142. The summed E-state index contributed by atoms with van der Waals surface area (Å²) in [7, 11) is 1.28.